The lowest BCUT2D eigenvalue weighted by atomic mass is 10.0. The van der Waals surface area contributed by atoms with Crippen molar-refractivity contribution in [3.05, 3.63) is 59.7 Å². The van der Waals surface area contributed by atoms with E-state index in [-0.39, 0.29) is 11.3 Å². The predicted molar refractivity (Wildman–Crippen MR) is 136 cm³/mol. The van der Waals surface area contributed by atoms with E-state index in [9.17, 15) is 14.4 Å². The Balaban J connectivity index is 2.11. The minimum absolute atomic E-state index is 0.167. The van der Waals surface area contributed by atoms with Crippen molar-refractivity contribution in [2.75, 3.05) is 31.8 Å². The van der Waals surface area contributed by atoms with Crippen LogP contribution in [0.1, 0.15) is 31.9 Å². The maximum Gasteiger partial charge on any atom is 0.336 e. The van der Waals surface area contributed by atoms with Gasteiger partial charge in [-0.1, -0.05) is 6.08 Å². The monoisotopic (exact) mass is 494 g/mol. The van der Waals surface area contributed by atoms with Gasteiger partial charge >= 0.3 is 6.03 Å². The maximum absolute atomic E-state index is 13.5. The summed E-state index contributed by atoms with van der Waals surface area (Å²) in [6.07, 6.45) is 3.61. The van der Waals surface area contributed by atoms with E-state index in [1.54, 1.807) is 37.3 Å². The summed E-state index contributed by atoms with van der Waals surface area (Å²) in [7, 11) is 1.51. The van der Waals surface area contributed by atoms with Crippen LogP contribution in [0, 0.1) is 0 Å². The highest BCUT2D eigenvalue weighted by atomic mass is 16.5. The number of carbonyl (C=O) groups is 3. The zero-order valence-corrected chi connectivity index (χ0v) is 20.9. The van der Waals surface area contributed by atoms with Gasteiger partial charge in [-0.15, -0.1) is 6.58 Å². The highest BCUT2D eigenvalue weighted by Crippen LogP contribution is 2.37. The van der Waals surface area contributed by atoms with Gasteiger partial charge in [-0.2, -0.15) is 0 Å². The largest absolute Gasteiger partial charge is 0.494 e. The number of urea groups is 1. The van der Waals surface area contributed by atoms with Crippen LogP contribution in [0.25, 0.3) is 6.08 Å². The minimum Gasteiger partial charge on any atom is -0.494 e. The Morgan fingerprint density at radius 1 is 0.944 bits per heavy atom. The molecule has 1 fully saturated rings. The van der Waals surface area contributed by atoms with E-state index in [2.05, 4.69) is 11.9 Å². The lowest BCUT2D eigenvalue weighted by Gasteiger charge is -2.28. The smallest absolute Gasteiger partial charge is 0.336 e. The molecule has 1 aliphatic rings. The molecule has 2 aromatic rings. The molecular weight excluding hydrogens is 464 g/mol. The van der Waals surface area contributed by atoms with E-state index >= 15 is 0 Å². The Bertz CT molecular complexity index is 1200. The molecule has 1 saturated heterocycles. The third kappa shape index (κ3) is 5.51. The second-order valence-corrected chi connectivity index (χ2v) is 7.59. The van der Waals surface area contributed by atoms with Crippen molar-refractivity contribution >= 4 is 29.6 Å². The van der Waals surface area contributed by atoms with Gasteiger partial charge in [-0.3, -0.25) is 14.9 Å². The number of hydrogen-bond acceptors (Lipinski definition) is 7. The second kappa shape index (κ2) is 11.9. The quantitative estimate of drug-likeness (QED) is 0.282. The van der Waals surface area contributed by atoms with Crippen LogP contribution in [-0.4, -0.2) is 44.8 Å². The lowest BCUT2D eigenvalue weighted by molar-refractivity contribution is -0.122. The first-order valence-corrected chi connectivity index (χ1v) is 11.6. The molecule has 3 rings (SSSR count). The summed E-state index contributed by atoms with van der Waals surface area (Å²) in [5, 5.41) is 2.24. The van der Waals surface area contributed by atoms with Crippen molar-refractivity contribution in [3.63, 3.8) is 0 Å². The molecule has 2 aromatic carbocycles. The molecule has 0 aliphatic carbocycles. The van der Waals surface area contributed by atoms with Crippen LogP contribution in [0.3, 0.4) is 0 Å². The van der Waals surface area contributed by atoms with Gasteiger partial charge in [-0.05, 0) is 63.1 Å². The molecule has 1 aliphatic heterocycles. The van der Waals surface area contributed by atoms with Crippen LogP contribution >= 0.6 is 0 Å². The SMILES string of the molecule is C=CCc1cc(/C=C2\C(=O)NC(=O)N(c3cc(OCC)ccc3OCC)C2=O)cc(OC)c1OCC. The molecule has 0 unspecified atom stereocenters. The molecule has 36 heavy (non-hydrogen) atoms. The predicted octanol–water partition coefficient (Wildman–Crippen LogP) is 4.29. The van der Waals surface area contributed by atoms with Crippen LogP contribution < -0.4 is 29.2 Å². The molecule has 0 atom stereocenters. The molecule has 9 nitrogen and oxygen atoms in total. The number of carbonyl (C=O) groups excluding carboxylic acids is 3. The Labute approximate surface area is 210 Å². The van der Waals surface area contributed by atoms with Gasteiger partial charge in [-0.25, -0.2) is 9.69 Å². The number of benzene rings is 2. The number of hydrogen-bond donors (Lipinski definition) is 1. The Hall–Kier alpha value is -4.27. The summed E-state index contributed by atoms with van der Waals surface area (Å²) in [6, 6.07) is 7.38. The molecule has 0 spiro atoms. The summed E-state index contributed by atoms with van der Waals surface area (Å²) in [4.78, 5) is 39.9. The fourth-order valence-corrected chi connectivity index (χ4v) is 3.78. The van der Waals surface area contributed by atoms with E-state index in [0.717, 1.165) is 10.5 Å². The van der Waals surface area contributed by atoms with Gasteiger partial charge < -0.3 is 18.9 Å². The fourth-order valence-electron chi connectivity index (χ4n) is 3.78. The van der Waals surface area contributed by atoms with E-state index in [0.29, 0.717) is 54.8 Å². The van der Waals surface area contributed by atoms with Gasteiger partial charge in [0.05, 0.1) is 32.6 Å². The summed E-state index contributed by atoms with van der Waals surface area (Å²) in [5.41, 5.74) is 1.24. The number of imide groups is 2. The van der Waals surface area contributed by atoms with Crippen molar-refractivity contribution in [2.24, 2.45) is 0 Å². The summed E-state index contributed by atoms with van der Waals surface area (Å²) < 4.78 is 22.4. The molecular formula is C27H30N2O7. The summed E-state index contributed by atoms with van der Waals surface area (Å²) in [5.74, 6) is 0.156. The van der Waals surface area contributed by atoms with Crippen molar-refractivity contribution in [1.29, 1.82) is 0 Å². The summed E-state index contributed by atoms with van der Waals surface area (Å²) >= 11 is 0. The molecule has 0 bridgehead atoms. The Kier molecular flexibility index (Phi) is 8.72. The van der Waals surface area contributed by atoms with E-state index in [4.69, 9.17) is 18.9 Å². The topological polar surface area (TPSA) is 103 Å². The number of amides is 4. The highest BCUT2D eigenvalue weighted by Gasteiger charge is 2.38. The van der Waals surface area contributed by atoms with Crippen LogP contribution in [-0.2, 0) is 16.0 Å². The average Bonchev–Trinajstić information content (AvgIpc) is 2.85. The number of nitrogens with zero attached hydrogens (tertiary/aromatic N) is 1. The lowest BCUT2D eigenvalue weighted by Crippen LogP contribution is -2.54. The number of rotatable bonds is 11. The average molecular weight is 495 g/mol. The number of allylic oxidation sites excluding steroid dienone is 1. The number of nitrogens with one attached hydrogen (secondary N) is 1. The Morgan fingerprint density at radius 2 is 1.67 bits per heavy atom. The number of methoxy groups -OCH3 is 1. The molecule has 1 N–H and O–H groups in total. The molecule has 190 valence electrons. The molecule has 4 amide bonds. The third-order valence-corrected chi connectivity index (χ3v) is 5.22. The van der Waals surface area contributed by atoms with Crippen LogP contribution in [0.15, 0.2) is 48.6 Å². The van der Waals surface area contributed by atoms with E-state index < -0.39 is 17.8 Å². The first kappa shape index (κ1) is 26.3. The van der Waals surface area contributed by atoms with Crippen LogP contribution in [0.5, 0.6) is 23.0 Å². The second-order valence-electron chi connectivity index (χ2n) is 7.59. The normalized spacial score (nSPS) is 14.5. The van der Waals surface area contributed by atoms with Crippen LogP contribution in [0.2, 0.25) is 0 Å². The van der Waals surface area contributed by atoms with Crippen LogP contribution in [0.4, 0.5) is 10.5 Å². The van der Waals surface area contributed by atoms with Crippen molar-refractivity contribution < 1.29 is 33.3 Å². The molecule has 0 saturated carbocycles. The number of ether oxygens (including phenoxy) is 4. The molecule has 1 heterocycles. The van der Waals surface area contributed by atoms with E-state index in [1.165, 1.54) is 19.3 Å². The molecule has 0 radical (unpaired) electrons. The van der Waals surface area contributed by atoms with Gasteiger partial charge in [0, 0.05) is 11.6 Å². The molecule has 9 heteroatoms. The van der Waals surface area contributed by atoms with Crippen molar-refractivity contribution in [1.82, 2.24) is 5.32 Å². The summed E-state index contributed by atoms with van der Waals surface area (Å²) in [6.45, 7) is 10.4. The zero-order chi connectivity index (χ0) is 26.2. The zero-order valence-electron chi connectivity index (χ0n) is 20.9. The standard InChI is InChI=1S/C27H30N2O7/c1-6-10-18-13-17(15-23(33-5)24(18)36-9-4)14-20-25(30)28-27(32)29(26(20)31)21-16-19(34-7-2)11-12-22(21)35-8-3/h6,11-16H,1,7-10H2,2-5H3,(H,28,30,32)/b20-14+. The first-order valence-electron chi connectivity index (χ1n) is 11.6. The minimum atomic E-state index is -0.881. The maximum atomic E-state index is 13.5. The molecule has 0 aromatic heterocycles. The third-order valence-electron chi connectivity index (χ3n) is 5.22. The van der Waals surface area contributed by atoms with Gasteiger partial charge in [0.15, 0.2) is 11.5 Å². The van der Waals surface area contributed by atoms with Gasteiger partial charge in [0.1, 0.15) is 17.1 Å². The van der Waals surface area contributed by atoms with Gasteiger partial charge in [0.2, 0.25) is 0 Å². The number of anilines is 1. The van der Waals surface area contributed by atoms with E-state index in [1.807, 2.05) is 13.8 Å². The Morgan fingerprint density at radius 3 is 2.31 bits per heavy atom. The number of barbiturate groups is 1. The van der Waals surface area contributed by atoms with Gasteiger partial charge in [0.25, 0.3) is 11.8 Å². The van der Waals surface area contributed by atoms with Crippen molar-refractivity contribution in [3.8, 4) is 23.0 Å². The fraction of sp³-hybridized carbons (Fsp3) is 0.296. The first-order chi connectivity index (χ1) is 17.4. The van der Waals surface area contributed by atoms with Crippen molar-refractivity contribution in [2.45, 2.75) is 27.2 Å². The highest BCUT2D eigenvalue weighted by molar-refractivity contribution is 6.39.